The van der Waals surface area contributed by atoms with Gasteiger partial charge in [0.2, 0.25) is 0 Å². The van der Waals surface area contributed by atoms with Gasteiger partial charge in [-0.15, -0.1) is 5.10 Å². The second-order valence-electron chi connectivity index (χ2n) is 7.49. The number of aromatic amines is 1. The molecule has 3 aromatic heterocycles. The second-order valence-corrected chi connectivity index (χ2v) is 7.49. The maximum Gasteiger partial charge on any atom is 0.263 e. The number of hydrogen-bond acceptors (Lipinski definition) is 5. The third-order valence-electron chi connectivity index (χ3n) is 5.54. The van der Waals surface area contributed by atoms with Gasteiger partial charge in [-0.2, -0.15) is 0 Å². The zero-order valence-corrected chi connectivity index (χ0v) is 16.9. The van der Waals surface area contributed by atoms with Crippen LogP contribution in [0.3, 0.4) is 0 Å². The molecule has 4 heterocycles. The number of likely N-dealkylation sites (N-methyl/N-ethyl adjacent to an activating group) is 1. The number of nitrogens with one attached hydrogen (secondary N) is 1. The van der Waals surface area contributed by atoms with E-state index in [1.165, 1.54) is 12.6 Å². The van der Waals surface area contributed by atoms with Crippen LogP contribution in [0.4, 0.5) is 0 Å². The number of benzene rings is 1. The Balaban J connectivity index is 1.47. The number of H-pyrrole nitrogens is 1. The standard InChI is InChI=1S/C23H20N6O2/c1-28-22(30)20(17-13-25-18-7-3-2-6-16(17)18)21(23(28)31)19-14-29(27-26-19)12-4-5-15-8-10-24-11-9-15/h2-3,6-11,13-14,25H,4-5,12H2,1H3. The molecule has 31 heavy (non-hydrogen) atoms. The fourth-order valence-corrected chi connectivity index (χ4v) is 3.92. The zero-order chi connectivity index (χ0) is 21.4. The first-order valence-corrected chi connectivity index (χ1v) is 10.1. The molecule has 1 aromatic carbocycles. The molecule has 2 amide bonds. The average Bonchev–Trinajstić information content (AvgIpc) is 3.48. The van der Waals surface area contributed by atoms with Crippen molar-refractivity contribution in [3.63, 3.8) is 0 Å². The van der Waals surface area contributed by atoms with Gasteiger partial charge in [0.15, 0.2) is 0 Å². The van der Waals surface area contributed by atoms with E-state index in [-0.39, 0.29) is 17.4 Å². The van der Waals surface area contributed by atoms with E-state index in [9.17, 15) is 9.59 Å². The number of aromatic nitrogens is 5. The number of fused-ring (bicyclic) bond motifs is 1. The highest BCUT2D eigenvalue weighted by Gasteiger charge is 2.39. The Hall–Kier alpha value is -4.07. The van der Waals surface area contributed by atoms with Crippen LogP contribution in [0.5, 0.6) is 0 Å². The average molecular weight is 412 g/mol. The van der Waals surface area contributed by atoms with Gasteiger partial charge in [-0.1, -0.05) is 23.4 Å². The van der Waals surface area contributed by atoms with Crippen LogP contribution in [0.25, 0.3) is 22.0 Å². The summed E-state index contributed by atoms with van der Waals surface area (Å²) >= 11 is 0. The van der Waals surface area contributed by atoms with E-state index in [4.69, 9.17) is 0 Å². The van der Waals surface area contributed by atoms with Gasteiger partial charge in [-0.3, -0.25) is 24.2 Å². The maximum absolute atomic E-state index is 13.0. The van der Waals surface area contributed by atoms with Crippen LogP contribution in [0.2, 0.25) is 0 Å². The first kappa shape index (κ1) is 18.9. The number of para-hydroxylation sites is 1. The van der Waals surface area contributed by atoms with Gasteiger partial charge in [0.1, 0.15) is 5.69 Å². The third kappa shape index (κ3) is 3.31. The molecule has 1 aliphatic heterocycles. The SMILES string of the molecule is CN1C(=O)C(c2cn(CCCc3ccncc3)nn2)=C(c2c[nH]c3ccccc23)C1=O. The van der Waals surface area contributed by atoms with E-state index in [1.54, 1.807) is 29.5 Å². The quantitative estimate of drug-likeness (QED) is 0.491. The Morgan fingerprint density at radius 2 is 1.77 bits per heavy atom. The van der Waals surface area contributed by atoms with Crippen LogP contribution in [0.15, 0.2) is 61.2 Å². The summed E-state index contributed by atoms with van der Waals surface area (Å²) in [6.07, 6.45) is 8.82. The Morgan fingerprint density at radius 3 is 2.61 bits per heavy atom. The zero-order valence-electron chi connectivity index (χ0n) is 16.9. The van der Waals surface area contributed by atoms with Gasteiger partial charge in [0.25, 0.3) is 11.8 Å². The maximum atomic E-state index is 13.0. The Labute approximate surface area is 178 Å². The van der Waals surface area contributed by atoms with E-state index in [0.717, 1.165) is 28.6 Å². The Kier molecular flexibility index (Phi) is 4.66. The molecule has 0 saturated carbocycles. The number of rotatable bonds is 6. The highest BCUT2D eigenvalue weighted by molar-refractivity contribution is 6.49. The van der Waals surface area contributed by atoms with E-state index in [0.29, 0.717) is 23.4 Å². The van der Waals surface area contributed by atoms with Crippen molar-refractivity contribution >= 4 is 33.9 Å². The number of pyridine rings is 1. The van der Waals surface area contributed by atoms with E-state index >= 15 is 0 Å². The van der Waals surface area contributed by atoms with Crippen molar-refractivity contribution in [1.82, 2.24) is 29.9 Å². The summed E-state index contributed by atoms with van der Waals surface area (Å²) in [5.41, 5.74) is 3.86. The molecule has 1 N–H and O–H groups in total. The van der Waals surface area contributed by atoms with Gasteiger partial charge >= 0.3 is 0 Å². The van der Waals surface area contributed by atoms with Crippen molar-refractivity contribution in [3.05, 3.63) is 78.0 Å². The van der Waals surface area contributed by atoms with Gasteiger partial charge in [-0.05, 0) is 36.6 Å². The van der Waals surface area contributed by atoms with Gasteiger partial charge in [0.05, 0.1) is 17.3 Å². The summed E-state index contributed by atoms with van der Waals surface area (Å²) < 4.78 is 1.71. The summed E-state index contributed by atoms with van der Waals surface area (Å²) in [7, 11) is 1.49. The van der Waals surface area contributed by atoms with Gasteiger partial charge in [0, 0.05) is 48.6 Å². The molecule has 4 aromatic rings. The minimum Gasteiger partial charge on any atom is -0.361 e. The molecule has 5 rings (SSSR count). The van der Waals surface area contributed by atoms with Crippen LogP contribution >= 0.6 is 0 Å². The van der Waals surface area contributed by atoms with Gasteiger partial charge < -0.3 is 4.98 Å². The van der Waals surface area contributed by atoms with Crippen molar-refractivity contribution in [3.8, 4) is 0 Å². The van der Waals surface area contributed by atoms with Crippen molar-refractivity contribution < 1.29 is 9.59 Å². The molecule has 154 valence electrons. The summed E-state index contributed by atoms with van der Waals surface area (Å²) in [5.74, 6) is -0.703. The summed E-state index contributed by atoms with van der Waals surface area (Å²) in [4.78, 5) is 34.2. The molecule has 0 saturated heterocycles. The number of carbonyl (C=O) groups is 2. The van der Waals surface area contributed by atoms with Crippen molar-refractivity contribution in [2.75, 3.05) is 7.05 Å². The molecule has 1 aliphatic rings. The second kappa shape index (κ2) is 7.64. The lowest BCUT2D eigenvalue weighted by Gasteiger charge is -2.05. The van der Waals surface area contributed by atoms with Gasteiger partial charge in [-0.25, -0.2) is 0 Å². The van der Waals surface area contributed by atoms with Crippen molar-refractivity contribution in [1.29, 1.82) is 0 Å². The number of hydrogen-bond donors (Lipinski definition) is 1. The van der Waals surface area contributed by atoms with E-state index < -0.39 is 0 Å². The Morgan fingerprint density at radius 1 is 1.00 bits per heavy atom. The molecule has 0 unspecified atom stereocenters. The molecule has 8 heteroatoms. The van der Waals surface area contributed by atoms with Crippen LogP contribution in [-0.2, 0) is 22.6 Å². The van der Waals surface area contributed by atoms with Crippen LogP contribution in [0.1, 0.15) is 23.2 Å². The molecule has 0 bridgehead atoms. The van der Waals surface area contributed by atoms with Crippen LogP contribution < -0.4 is 0 Å². The fourth-order valence-electron chi connectivity index (χ4n) is 3.92. The topological polar surface area (TPSA) is 96.8 Å². The lowest BCUT2D eigenvalue weighted by Crippen LogP contribution is -2.26. The monoisotopic (exact) mass is 412 g/mol. The van der Waals surface area contributed by atoms with Crippen LogP contribution in [-0.4, -0.2) is 48.7 Å². The minimum atomic E-state index is -0.367. The number of aryl methyl sites for hydroxylation is 2. The normalized spacial score (nSPS) is 14.3. The lowest BCUT2D eigenvalue weighted by molar-refractivity contribution is -0.134. The minimum absolute atomic E-state index is 0.289. The van der Waals surface area contributed by atoms with Crippen LogP contribution in [0, 0.1) is 0 Å². The smallest absolute Gasteiger partial charge is 0.263 e. The predicted molar refractivity (Wildman–Crippen MR) is 115 cm³/mol. The molecular weight excluding hydrogens is 392 g/mol. The lowest BCUT2D eigenvalue weighted by atomic mass is 9.99. The fraction of sp³-hybridized carbons (Fsp3) is 0.174. The molecule has 0 fully saturated rings. The highest BCUT2D eigenvalue weighted by atomic mass is 16.2. The summed E-state index contributed by atoms with van der Waals surface area (Å²) in [6, 6.07) is 11.7. The molecule has 0 aliphatic carbocycles. The first-order valence-electron chi connectivity index (χ1n) is 10.1. The third-order valence-corrected chi connectivity index (χ3v) is 5.54. The van der Waals surface area contributed by atoms with E-state index in [1.807, 2.05) is 36.4 Å². The molecule has 8 nitrogen and oxygen atoms in total. The molecule has 0 spiro atoms. The summed E-state index contributed by atoms with van der Waals surface area (Å²) in [6.45, 7) is 0.656. The molecule has 0 atom stereocenters. The first-order chi connectivity index (χ1) is 15.1. The highest BCUT2D eigenvalue weighted by Crippen LogP contribution is 2.37. The number of amides is 2. The Bertz CT molecular complexity index is 1320. The summed E-state index contributed by atoms with van der Waals surface area (Å²) in [5, 5.41) is 9.29. The number of imide groups is 1. The largest absolute Gasteiger partial charge is 0.361 e. The number of carbonyl (C=O) groups excluding carboxylic acids is 2. The van der Waals surface area contributed by atoms with E-state index in [2.05, 4.69) is 20.3 Å². The predicted octanol–water partition coefficient (Wildman–Crippen LogP) is 2.70. The number of nitrogens with zero attached hydrogens (tertiary/aromatic N) is 5. The molecular formula is C23H20N6O2. The van der Waals surface area contributed by atoms with Crippen molar-refractivity contribution in [2.45, 2.75) is 19.4 Å². The molecule has 0 radical (unpaired) electrons. The van der Waals surface area contributed by atoms with Crippen molar-refractivity contribution in [2.24, 2.45) is 0 Å².